The molecular formula is C18H34ClN3O. The highest BCUT2D eigenvalue weighted by Gasteiger charge is 2.32. The molecule has 0 radical (unpaired) electrons. The van der Waals surface area contributed by atoms with E-state index in [-0.39, 0.29) is 12.4 Å². The third-order valence-electron chi connectivity index (χ3n) is 6.03. The summed E-state index contributed by atoms with van der Waals surface area (Å²) in [6.07, 6.45) is 8.67. The second kappa shape index (κ2) is 8.68. The number of carbonyl (C=O) groups is 1. The van der Waals surface area contributed by atoms with Gasteiger partial charge < -0.3 is 10.2 Å². The van der Waals surface area contributed by atoms with E-state index in [9.17, 15) is 4.79 Å². The van der Waals surface area contributed by atoms with Gasteiger partial charge in [0.05, 0.1) is 0 Å². The minimum Gasteiger partial charge on any atom is -0.340 e. The molecule has 134 valence electrons. The molecule has 3 aliphatic rings. The maximum Gasteiger partial charge on any atom is 0.222 e. The van der Waals surface area contributed by atoms with Crippen molar-refractivity contribution in [1.82, 2.24) is 15.1 Å². The van der Waals surface area contributed by atoms with Gasteiger partial charge in [-0.15, -0.1) is 12.4 Å². The van der Waals surface area contributed by atoms with Crippen molar-refractivity contribution in [2.24, 2.45) is 11.3 Å². The van der Waals surface area contributed by atoms with Crippen molar-refractivity contribution < 1.29 is 4.79 Å². The molecule has 1 unspecified atom stereocenters. The van der Waals surface area contributed by atoms with Crippen molar-refractivity contribution in [3.8, 4) is 0 Å². The molecule has 3 fully saturated rings. The molecule has 4 nitrogen and oxygen atoms in total. The second-order valence-electron chi connectivity index (χ2n) is 8.08. The fourth-order valence-electron chi connectivity index (χ4n) is 4.48. The Morgan fingerprint density at radius 3 is 2.48 bits per heavy atom. The lowest BCUT2D eigenvalue weighted by Crippen LogP contribution is -2.51. The van der Waals surface area contributed by atoms with Crippen LogP contribution in [-0.2, 0) is 4.79 Å². The molecule has 0 aromatic carbocycles. The number of rotatable bonds is 5. The Labute approximate surface area is 147 Å². The fraction of sp³-hybridized carbons (Fsp3) is 0.944. The summed E-state index contributed by atoms with van der Waals surface area (Å²) in [5, 5.41) is 3.48. The first-order valence-electron chi connectivity index (χ1n) is 9.35. The first-order chi connectivity index (χ1) is 10.6. The molecule has 1 amide bonds. The number of piperazine rings is 1. The lowest BCUT2D eigenvalue weighted by molar-refractivity contribution is -0.133. The molecule has 0 spiro atoms. The van der Waals surface area contributed by atoms with Gasteiger partial charge in [0.15, 0.2) is 0 Å². The maximum atomic E-state index is 12.4. The Morgan fingerprint density at radius 1 is 1.17 bits per heavy atom. The lowest BCUT2D eigenvalue weighted by Gasteiger charge is -2.38. The minimum atomic E-state index is 0. The van der Waals surface area contributed by atoms with Crippen LogP contribution in [0.4, 0.5) is 0 Å². The average molecular weight is 344 g/mol. The minimum absolute atomic E-state index is 0. The molecule has 2 heterocycles. The summed E-state index contributed by atoms with van der Waals surface area (Å²) in [5.74, 6) is 1.24. The van der Waals surface area contributed by atoms with Gasteiger partial charge in [-0.05, 0) is 30.7 Å². The summed E-state index contributed by atoms with van der Waals surface area (Å²) in [6, 6.07) is 0. The van der Waals surface area contributed by atoms with Crippen LogP contribution in [0.25, 0.3) is 0 Å². The molecule has 0 aromatic rings. The molecule has 0 bridgehead atoms. The van der Waals surface area contributed by atoms with Gasteiger partial charge in [0.25, 0.3) is 0 Å². The van der Waals surface area contributed by atoms with Crippen LogP contribution in [-0.4, -0.2) is 61.5 Å². The largest absolute Gasteiger partial charge is 0.340 e. The SMILES string of the molecule is CC1(CN2CCN(C(=O)CCC3CCCC3)CC2)CCNC1.Cl. The van der Waals surface area contributed by atoms with E-state index < -0.39 is 0 Å². The van der Waals surface area contributed by atoms with E-state index in [4.69, 9.17) is 0 Å². The van der Waals surface area contributed by atoms with Gasteiger partial charge in [-0.25, -0.2) is 0 Å². The Morgan fingerprint density at radius 2 is 1.87 bits per heavy atom. The predicted octanol–water partition coefficient (Wildman–Crippen LogP) is 2.52. The van der Waals surface area contributed by atoms with Crippen LogP contribution < -0.4 is 5.32 Å². The smallest absolute Gasteiger partial charge is 0.222 e. The van der Waals surface area contributed by atoms with Crippen molar-refractivity contribution in [3.63, 3.8) is 0 Å². The first-order valence-corrected chi connectivity index (χ1v) is 9.35. The lowest BCUT2D eigenvalue weighted by atomic mass is 9.89. The normalized spacial score (nSPS) is 29.7. The zero-order valence-electron chi connectivity index (χ0n) is 14.7. The number of carbonyl (C=O) groups excluding carboxylic acids is 1. The monoisotopic (exact) mass is 343 g/mol. The number of halogens is 1. The number of nitrogens with one attached hydrogen (secondary N) is 1. The van der Waals surface area contributed by atoms with Gasteiger partial charge >= 0.3 is 0 Å². The van der Waals surface area contributed by atoms with Crippen molar-refractivity contribution in [3.05, 3.63) is 0 Å². The van der Waals surface area contributed by atoms with E-state index in [0.29, 0.717) is 11.3 Å². The van der Waals surface area contributed by atoms with E-state index in [1.807, 2.05) is 0 Å². The van der Waals surface area contributed by atoms with Gasteiger partial charge in [-0.1, -0.05) is 32.6 Å². The molecule has 0 aromatic heterocycles. The van der Waals surface area contributed by atoms with E-state index >= 15 is 0 Å². The molecule has 5 heteroatoms. The number of hydrogen-bond donors (Lipinski definition) is 1. The van der Waals surface area contributed by atoms with Gasteiger partial charge in [0.1, 0.15) is 0 Å². The highest BCUT2D eigenvalue weighted by molar-refractivity contribution is 5.85. The summed E-state index contributed by atoms with van der Waals surface area (Å²) >= 11 is 0. The number of hydrogen-bond acceptors (Lipinski definition) is 3. The van der Waals surface area contributed by atoms with E-state index in [1.165, 1.54) is 38.6 Å². The summed E-state index contributed by atoms with van der Waals surface area (Å²) in [7, 11) is 0. The highest BCUT2D eigenvalue weighted by atomic mass is 35.5. The zero-order chi connectivity index (χ0) is 15.4. The molecular weight excluding hydrogens is 310 g/mol. The standard InChI is InChI=1S/C18H33N3O.ClH/c1-18(8-9-19-14-18)15-20-10-12-21(13-11-20)17(22)7-6-16-4-2-3-5-16;/h16,19H,2-15H2,1H3;1H. The van der Waals surface area contributed by atoms with Crippen LogP contribution in [0.15, 0.2) is 0 Å². The Balaban J connectivity index is 0.00000192. The third-order valence-corrected chi connectivity index (χ3v) is 6.03. The van der Waals surface area contributed by atoms with Crippen LogP contribution in [0, 0.1) is 11.3 Å². The van der Waals surface area contributed by atoms with Crippen molar-refractivity contribution in [2.75, 3.05) is 45.8 Å². The molecule has 1 saturated carbocycles. The van der Waals surface area contributed by atoms with Crippen LogP contribution >= 0.6 is 12.4 Å². The molecule has 23 heavy (non-hydrogen) atoms. The third kappa shape index (κ3) is 5.33. The van der Waals surface area contributed by atoms with Gasteiger partial charge in [0.2, 0.25) is 5.91 Å². The molecule has 2 aliphatic heterocycles. The zero-order valence-corrected chi connectivity index (χ0v) is 15.5. The van der Waals surface area contributed by atoms with Gasteiger partial charge in [-0.3, -0.25) is 9.69 Å². The average Bonchev–Trinajstić information content (AvgIpc) is 3.17. The van der Waals surface area contributed by atoms with Gasteiger partial charge in [0, 0.05) is 45.7 Å². The van der Waals surface area contributed by atoms with Crippen LogP contribution in [0.3, 0.4) is 0 Å². The summed E-state index contributed by atoms with van der Waals surface area (Å²) in [5.41, 5.74) is 0.439. The Bertz CT molecular complexity index is 370. The Hall–Kier alpha value is -0.320. The highest BCUT2D eigenvalue weighted by Crippen LogP contribution is 2.29. The predicted molar refractivity (Wildman–Crippen MR) is 97.1 cm³/mol. The molecule has 3 rings (SSSR count). The molecule has 1 atom stereocenters. The van der Waals surface area contributed by atoms with Gasteiger partial charge in [-0.2, -0.15) is 0 Å². The number of nitrogens with zero attached hydrogens (tertiary/aromatic N) is 2. The quantitative estimate of drug-likeness (QED) is 0.833. The maximum absolute atomic E-state index is 12.4. The summed E-state index contributed by atoms with van der Waals surface area (Å²) in [4.78, 5) is 17.0. The summed E-state index contributed by atoms with van der Waals surface area (Å²) in [6.45, 7) is 9.88. The molecule has 1 aliphatic carbocycles. The van der Waals surface area contributed by atoms with E-state index in [1.54, 1.807) is 0 Å². The van der Waals surface area contributed by atoms with Crippen molar-refractivity contribution in [2.45, 2.75) is 51.9 Å². The second-order valence-corrected chi connectivity index (χ2v) is 8.08. The fourth-order valence-corrected chi connectivity index (χ4v) is 4.48. The van der Waals surface area contributed by atoms with Crippen LogP contribution in [0.2, 0.25) is 0 Å². The molecule has 2 saturated heterocycles. The van der Waals surface area contributed by atoms with Crippen molar-refractivity contribution >= 4 is 18.3 Å². The number of amides is 1. The summed E-state index contributed by atoms with van der Waals surface area (Å²) < 4.78 is 0. The Kier molecular flexibility index (Phi) is 7.18. The van der Waals surface area contributed by atoms with E-state index in [0.717, 1.165) is 58.0 Å². The van der Waals surface area contributed by atoms with Crippen LogP contribution in [0.1, 0.15) is 51.9 Å². The van der Waals surface area contributed by atoms with E-state index in [2.05, 4.69) is 22.0 Å². The van der Waals surface area contributed by atoms with Crippen molar-refractivity contribution in [1.29, 1.82) is 0 Å². The first kappa shape index (κ1) is 19.0. The molecule has 1 N–H and O–H groups in total. The van der Waals surface area contributed by atoms with Crippen LogP contribution in [0.5, 0.6) is 0 Å². The topological polar surface area (TPSA) is 35.6 Å².